The van der Waals surface area contributed by atoms with E-state index in [1.54, 1.807) is 6.20 Å². The Morgan fingerprint density at radius 1 is 1.35 bits per heavy atom. The van der Waals surface area contributed by atoms with Gasteiger partial charge in [-0.2, -0.15) is 0 Å². The summed E-state index contributed by atoms with van der Waals surface area (Å²) in [6.45, 7) is 1.92. The molecule has 2 heterocycles. The summed E-state index contributed by atoms with van der Waals surface area (Å²) in [5.74, 6) is 0.368. The van der Waals surface area contributed by atoms with Crippen LogP contribution in [0.5, 0.6) is 0 Å². The van der Waals surface area contributed by atoms with Gasteiger partial charge in [0.05, 0.1) is 13.2 Å². The maximum Gasteiger partial charge on any atom is 0.146 e. The van der Waals surface area contributed by atoms with Crippen LogP contribution in [-0.2, 0) is 9.47 Å². The third kappa shape index (κ3) is 3.64. The largest absolute Gasteiger partial charge is 0.355 e. The van der Waals surface area contributed by atoms with Crippen LogP contribution in [0.1, 0.15) is 11.6 Å². The van der Waals surface area contributed by atoms with Crippen molar-refractivity contribution >= 4 is 12.4 Å². The first-order chi connectivity index (χ1) is 7.79. The Morgan fingerprint density at radius 3 is 2.59 bits per heavy atom. The van der Waals surface area contributed by atoms with E-state index in [0.717, 1.165) is 13.2 Å². The molecule has 0 spiro atoms. The van der Waals surface area contributed by atoms with Crippen molar-refractivity contribution in [2.45, 2.75) is 6.04 Å². The molecule has 2 rings (SSSR count). The molecule has 0 bridgehead atoms. The van der Waals surface area contributed by atoms with E-state index in [0.29, 0.717) is 18.8 Å². The number of hydrogen-bond acceptors (Lipinski definition) is 4. The average molecular weight is 259 g/mol. The second kappa shape index (κ2) is 6.91. The van der Waals surface area contributed by atoms with E-state index >= 15 is 0 Å². The minimum absolute atomic E-state index is 0. The van der Waals surface area contributed by atoms with Crippen molar-refractivity contribution in [3.05, 3.63) is 30.1 Å². The molecule has 5 heteroatoms. The molecular formula is C12H19ClN2O2. The lowest BCUT2D eigenvalue weighted by Gasteiger charge is -2.34. The van der Waals surface area contributed by atoms with Crippen LogP contribution in [0.25, 0.3) is 0 Å². The Hall–Kier alpha value is -0.680. The Labute approximate surface area is 108 Å². The molecule has 1 atom stereocenters. The van der Waals surface area contributed by atoms with Gasteiger partial charge in [0, 0.05) is 24.4 Å². The molecule has 0 amide bonds. The molecule has 1 unspecified atom stereocenters. The molecule has 1 saturated heterocycles. The summed E-state index contributed by atoms with van der Waals surface area (Å²) in [6, 6.07) is 4.37. The zero-order chi connectivity index (χ0) is 11.4. The lowest BCUT2D eigenvalue weighted by Crippen LogP contribution is -2.36. The molecule has 1 aromatic rings. The highest BCUT2D eigenvalue weighted by Crippen LogP contribution is 2.28. The van der Waals surface area contributed by atoms with E-state index in [1.807, 2.05) is 12.3 Å². The summed E-state index contributed by atoms with van der Waals surface area (Å²) in [6.07, 6.45) is 3.71. The Balaban J connectivity index is 0.00000144. The smallest absolute Gasteiger partial charge is 0.146 e. The van der Waals surface area contributed by atoms with Gasteiger partial charge in [-0.3, -0.25) is 4.98 Å². The van der Waals surface area contributed by atoms with E-state index in [4.69, 9.17) is 9.47 Å². The normalized spacial score (nSPS) is 18.8. The van der Waals surface area contributed by atoms with Crippen LogP contribution in [0.4, 0.5) is 0 Å². The zero-order valence-corrected chi connectivity index (χ0v) is 11.0. The van der Waals surface area contributed by atoms with Gasteiger partial charge >= 0.3 is 0 Å². The molecule has 0 aliphatic carbocycles. The van der Waals surface area contributed by atoms with Gasteiger partial charge in [-0.25, -0.2) is 0 Å². The van der Waals surface area contributed by atoms with Gasteiger partial charge < -0.3 is 14.4 Å². The van der Waals surface area contributed by atoms with Crippen LogP contribution >= 0.6 is 12.4 Å². The van der Waals surface area contributed by atoms with Crippen LogP contribution in [0.15, 0.2) is 24.5 Å². The van der Waals surface area contributed by atoms with E-state index in [9.17, 15) is 0 Å². The van der Waals surface area contributed by atoms with Crippen LogP contribution in [0, 0.1) is 5.92 Å². The first kappa shape index (κ1) is 14.4. The maximum absolute atomic E-state index is 5.37. The monoisotopic (exact) mass is 258 g/mol. The molecule has 0 N–H and O–H groups in total. The fraction of sp³-hybridized carbons (Fsp3) is 0.583. The molecule has 4 nitrogen and oxygen atoms in total. The van der Waals surface area contributed by atoms with Gasteiger partial charge in [-0.15, -0.1) is 12.4 Å². The standard InChI is InChI=1S/C12H18N2O2.ClH/c1-14(2)12(10-4-3-5-13-6-10)11-7-15-9-16-8-11;/h3-6,11-12H,7-9H2,1-2H3;1H. The average Bonchev–Trinajstić information content (AvgIpc) is 2.31. The minimum atomic E-state index is 0. The third-order valence-corrected chi connectivity index (χ3v) is 2.86. The Kier molecular flexibility index (Phi) is 5.85. The number of rotatable bonds is 3. The predicted molar refractivity (Wildman–Crippen MR) is 68.2 cm³/mol. The van der Waals surface area contributed by atoms with Crippen molar-refractivity contribution in [3.8, 4) is 0 Å². The van der Waals surface area contributed by atoms with E-state index in [1.165, 1.54) is 5.56 Å². The summed E-state index contributed by atoms with van der Waals surface area (Å²) in [5.41, 5.74) is 1.21. The molecule has 96 valence electrons. The molecule has 1 aromatic heterocycles. The summed E-state index contributed by atoms with van der Waals surface area (Å²) in [5, 5.41) is 0. The van der Waals surface area contributed by atoms with Crippen molar-refractivity contribution in [1.29, 1.82) is 0 Å². The third-order valence-electron chi connectivity index (χ3n) is 2.86. The predicted octanol–water partition coefficient (Wildman–Crippen LogP) is 1.73. The summed E-state index contributed by atoms with van der Waals surface area (Å²) in [4.78, 5) is 6.37. The summed E-state index contributed by atoms with van der Waals surface area (Å²) >= 11 is 0. The molecule has 1 fully saturated rings. The zero-order valence-electron chi connectivity index (χ0n) is 10.2. The molecular weight excluding hydrogens is 240 g/mol. The number of nitrogens with zero attached hydrogens (tertiary/aromatic N) is 2. The van der Waals surface area contributed by atoms with Crippen molar-refractivity contribution in [2.75, 3.05) is 34.1 Å². The molecule has 17 heavy (non-hydrogen) atoms. The van der Waals surface area contributed by atoms with Gasteiger partial charge in [0.25, 0.3) is 0 Å². The second-order valence-electron chi connectivity index (χ2n) is 4.31. The first-order valence-electron chi connectivity index (χ1n) is 5.51. The lowest BCUT2D eigenvalue weighted by molar-refractivity contribution is -0.139. The van der Waals surface area contributed by atoms with Crippen LogP contribution in [0.3, 0.4) is 0 Å². The fourth-order valence-corrected chi connectivity index (χ4v) is 2.23. The van der Waals surface area contributed by atoms with Crippen molar-refractivity contribution in [2.24, 2.45) is 5.92 Å². The molecule has 1 aliphatic rings. The molecule has 0 radical (unpaired) electrons. The van der Waals surface area contributed by atoms with Crippen LogP contribution in [-0.4, -0.2) is 44.0 Å². The van der Waals surface area contributed by atoms with E-state index in [2.05, 4.69) is 30.0 Å². The van der Waals surface area contributed by atoms with Crippen molar-refractivity contribution in [3.63, 3.8) is 0 Å². The Bertz CT molecular complexity index is 316. The maximum atomic E-state index is 5.37. The van der Waals surface area contributed by atoms with E-state index in [-0.39, 0.29) is 12.4 Å². The number of aromatic nitrogens is 1. The summed E-state index contributed by atoms with van der Waals surface area (Å²) < 4.78 is 10.7. The van der Waals surface area contributed by atoms with E-state index < -0.39 is 0 Å². The number of hydrogen-bond donors (Lipinski definition) is 0. The Morgan fingerprint density at radius 2 is 2.06 bits per heavy atom. The highest BCUT2D eigenvalue weighted by molar-refractivity contribution is 5.85. The second-order valence-corrected chi connectivity index (χ2v) is 4.31. The van der Waals surface area contributed by atoms with Gasteiger partial charge in [0.15, 0.2) is 0 Å². The molecule has 0 saturated carbocycles. The SMILES string of the molecule is CN(C)C(c1cccnc1)C1COCOC1.Cl. The lowest BCUT2D eigenvalue weighted by atomic mass is 9.94. The quantitative estimate of drug-likeness (QED) is 0.827. The topological polar surface area (TPSA) is 34.6 Å². The van der Waals surface area contributed by atoms with Crippen LogP contribution in [0.2, 0.25) is 0 Å². The number of halogens is 1. The highest BCUT2D eigenvalue weighted by atomic mass is 35.5. The summed E-state index contributed by atoms with van der Waals surface area (Å²) in [7, 11) is 4.15. The highest BCUT2D eigenvalue weighted by Gasteiger charge is 2.27. The van der Waals surface area contributed by atoms with Gasteiger partial charge in [-0.1, -0.05) is 6.07 Å². The van der Waals surface area contributed by atoms with Crippen LogP contribution < -0.4 is 0 Å². The molecule has 0 aromatic carbocycles. The van der Waals surface area contributed by atoms with Gasteiger partial charge in [-0.05, 0) is 25.7 Å². The molecule has 1 aliphatic heterocycles. The van der Waals surface area contributed by atoms with Crippen molar-refractivity contribution < 1.29 is 9.47 Å². The van der Waals surface area contributed by atoms with Gasteiger partial charge in [0.2, 0.25) is 0 Å². The number of ether oxygens (including phenoxy) is 2. The minimum Gasteiger partial charge on any atom is -0.355 e. The van der Waals surface area contributed by atoms with Crippen molar-refractivity contribution in [1.82, 2.24) is 9.88 Å². The van der Waals surface area contributed by atoms with Gasteiger partial charge in [0.1, 0.15) is 6.79 Å². The first-order valence-corrected chi connectivity index (χ1v) is 5.51. The fourth-order valence-electron chi connectivity index (χ4n) is 2.23. The number of pyridine rings is 1.